The summed E-state index contributed by atoms with van der Waals surface area (Å²) < 4.78 is 1.04. The lowest BCUT2D eigenvalue weighted by Gasteiger charge is -2.16. The lowest BCUT2D eigenvalue weighted by molar-refractivity contribution is -0.117. The number of carbonyl (C=O) groups is 1. The molecule has 0 saturated heterocycles. The van der Waals surface area contributed by atoms with E-state index in [2.05, 4.69) is 21.2 Å². The Morgan fingerprint density at radius 1 is 1.18 bits per heavy atom. The van der Waals surface area contributed by atoms with Gasteiger partial charge in [0.1, 0.15) is 0 Å². The quantitative estimate of drug-likeness (QED) is 0.892. The lowest BCUT2D eigenvalue weighted by Crippen LogP contribution is -2.29. The molecule has 0 heterocycles. The van der Waals surface area contributed by atoms with E-state index >= 15 is 0 Å². The number of carbonyl (C=O) groups excluding carboxylic acids is 1. The van der Waals surface area contributed by atoms with Crippen molar-refractivity contribution in [1.82, 2.24) is 4.90 Å². The van der Waals surface area contributed by atoms with Gasteiger partial charge in [0, 0.05) is 16.7 Å². The normalized spacial score (nSPS) is 10.3. The van der Waals surface area contributed by atoms with Crippen molar-refractivity contribution < 1.29 is 4.79 Å². The second-order valence-electron chi connectivity index (χ2n) is 5.04. The van der Waals surface area contributed by atoms with E-state index in [0.717, 1.165) is 10.0 Å². The number of rotatable bonds is 5. The fraction of sp³-hybridized carbons (Fsp3) is 0.176. The van der Waals surface area contributed by atoms with E-state index < -0.39 is 0 Å². The largest absolute Gasteiger partial charge is 0.325 e. The molecule has 0 aromatic heterocycles. The average Bonchev–Trinajstić information content (AvgIpc) is 2.50. The van der Waals surface area contributed by atoms with Crippen molar-refractivity contribution in [3.05, 3.63) is 64.1 Å². The molecule has 2 aromatic carbocycles. The molecule has 5 heteroatoms. The van der Waals surface area contributed by atoms with Crippen LogP contribution in [0.15, 0.2) is 53.0 Å². The maximum Gasteiger partial charge on any atom is 0.238 e. The highest BCUT2D eigenvalue weighted by atomic mass is 79.9. The van der Waals surface area contributed by atoms with Crippen LogP contribution in [0.3, 0.4) is 0 Å². The van der Waals surface area contributed by atoms with Crippen LogP contribution in [0, 0.1) is 11.3 Å². The first kappa shape index (κ1) is 16.2. The third-order valence-corrected chi connectivity index (χ3v) is 3.61. The number of benzene rings is 2. The van der Waals surface area contributed by atoms with Crippen LogP contribution >= 0.6 is 15.9 Å². The molecular formula is C17H16BrN3O. The summed E-state index contributed by atoms with van der Waals surface area (Å²) in [4.78, 5) is 13.9. The number of nitrogens with one attached hydrogen (secondary N) is 1. The molecule has 2 rings (SSSR count). The van der Waals surface area contributed by atoms with E-state index in [-0.39, 0.29) is 5.91 Å². The van der Waals surface area contributed by atoms with Crippen LogP contribution in [-0.2, 0) is 11.3 Å². The molecule has 1 N–H and O–H groups in total. The number of likely N-dealkylation sites (N-methyl/N-ethyl adjacent to an activating group) is 1. The fourth-order valence-electron chi connectivity index (χ4n) is 2.03. The highest BCUT2D eigenvalue weighted by molar-refractivity contribution is 9.10. The SMILES string of the molecule is CN(CC(=O)Nc1ccc(C#N)cc1)Cc1ccc(Br)cc1. The maximum atomic E-state index is 12.0. The summed E-state index contributed by atoms with van der Waals surface area (Å²) in [5.74, 6) is -0.0793. The van der Waals surface area contributed by atoms with E-state index in [1.165, 1.54) is 0 Å². The van der Waals surface area contributed by atoms with Gasteiger partial charge in [-0.2, -0.15) is 5.26 Å². The summed E-state index contributed by atoms with van der Waals surface area (Å²) in [6.07, 6.45) is 0. The minimum absolute atomic E-state index is 0.0793. The van der Waals surface area contributed by atoms with Crippen LogP contribution in [-0.4, -0.2) is 24.4 Å². The van der Waals surface area contributed by atoms with Gasteiger partial charge in [-0.25, -0.2) is 0 Å². The second kappa shape index (κ2) is 7.74. The van der Waals surface area contributed by atoms with E-state index in [9.17, 15) is 4.79 Å². The number of hydrogen-bond donors (Lipinski definition) is 1. The van der Waals surface area contributed by atoms with Crippen molar-refractivity contribution in [1.29, 1.82) is 5.26 Å². The first-order chi connectivity index (χ1) is 10.6. The van der Waals surface area contributed by atoms with Crippen LogP contribution in [0.4, 0.5) is 5.69 Å². The van der Waals surface area contributed by atoms with Crippen LogP contribution < -0.4 is 5.32 Å². The molecule has 0 bridgehead atoms. The van der Waals surface area contributed by atoms with Crippen molar-refractivity contribution in [2.75, 3.05) is 18.9 Å². The zero-order chi connectivity index (χ0) is 15.9. The zero-order valence-corrected chi connectivity index (χ0v) is 13.8. The Morgan fingerprint density at radius 3 is 2.41 bits per heavy atom. The van der Waals surface area contributed by atoms with Gasteiger partial charge in [0.15, 0.2) is 0 Å². The van der Waals surface area contributed by atoms with Gasteiger partial charge in [0.2, 0.25) is 5.91 Å². The Labute approximate surface area is 138 Å². The molecule has 0 aliphatic heterocycles. The standard InChI is InChI=1S/C17H16BrN3O/c1-21(11-14-2-6-15(18)7-3-14)12-17(22)20-16-8-4-13(10-19)5-9-16/h2-9H,11-12H2,1H3,(H,20,22). The minimum Gasteiger partial charge on any atom is -0.325 e. The number of amides is 1. The summed E-state index contributed by atoms with van der Waals surface area (Å²) in [5.41, 5.74) is 2.42. The maximum absolute atomic E-state index is 12.0. The molecule has 0 fully saturated rings. The summed E-state index contributed by atoms with van der Waals surface area (Å²) in [6.45, 7) is 1.00. The monoisotopic (exact) mass is 357 g/mol. The zero-order valence-electron chi connectivity index (χ0n) is 12.2. The topological polar surface area (TPSA) is 56.1 Å². The van der Waals surface area contributed by atoms with Gasteiger partial charge in [-0.1, -0.05) is 28.1 Å². The summed E-state index contributed by atoms with van der Waals surface area (Å²) in [5, 5.41) is 11.6. The third kappa shape index (κ3) is 4.99. The van der Waals surface area contributed by atoms with Gasteiger partial charge in [-0.3, -0.25) is 9.69 Å². The van der Waals surface area contributed by atoms with Crippen molar-refractivity contribution in [3.8, 4) is 6.07 Å². The highest BCUT2D eigenvalue weighted by Crippen LogP contribution is 2.12. The van der Waals surface area contributed by atoms with E-state index in [1.807, 2.05) is 42.3 Å². The van der Waals surface area contributed by atoms with Crippen molar-refractivity contribution in [2.24, 2.45) is 0 Å². The molecule has 0 spiro atoms. The van der Waals surface area contributed by atoms with E-state index in [0.29, 0.717) is 24.3 Å². The molecule has 0 saturated carbocycles. The number of nitrogens with zero attached hydrogens (tertiary/aromatic N) is 2. The van der Waals surface area contributed by atoms with Crippen molar-refractivity contribution >= 4 is 27.5 Å². The highest BCUT2D eigenvalue weighted by Gasteiger charge is 2.07. The number of nitriles is 1. The number of halogens is 1. The van der Waals surface area contributed by atoms with Gasteiger partial charge >= 0.3 is 0 Å². The first-order valence-corrected chi connectivity index (χ1v) is 7.59. The molecule has 0 aliphatic carbocycles. The molecule has 0 unspecified atom stereocenters. The Hall–Kier alpha value is -2.16. The van der Waals surface area contributed by atoms with Crippen LogP contribution in [0.25, 0.3) is 0 Å². The predicted octanol–water partition coefficient (Wildman–Crippen LogP) is 3.39. The van der Waals surface area contributed by atoms with E-state index in [1.54, 1.807) is 24.3 Å². The van der Waals surface area contributed by atoms with Gasteiger partial charge in [0.25, 0.3) is 0 Å². The summed E-state index contributed by atoms with van der Waals surface area (Å²) in [6, 6.07) is 16.9. The summed E-state index contributed by atoms with van der Waals surface area (Å²) in [7, 11) is 1.90. The minimum atomic E-state index is -0.0793. The molecule has 2 aromatic rings. The van der Waals surface area contributed by atoms with Crippen molar-refractivity contribution in [2.45, 2.75) is 6.54 Å². The molecule has 22 heavy (non-hydrogen) atoms. The molecule has 112 valence electrons. The fourth-order valence-corrected chi connectivity index (χ4v) is 2.30. The van der Waals surface area contributed by atoms with Crippen LogP contribution in [0.1, 0.15) is 11.1 Å². The van der Waals surface area contributed by atoms with Crippen LogP contribution in [0.2, 0.25) is 0 Å². The second-order valence-corrected chi connectivity index (χ2v) is 5.95. The third-order valence-electron chi connectivity index (χ3n) is 3.08. The molecular weight excluding hydrogens is 342 g/mol. The Bertz CT molecular complexity index is 675. The average molecular weight is 358 g/mol. The van der Waals surface area contributed by atoms with E-state index in [4.69, 9.17) is 5.26 Å². The van der Waals surface area contributed by atoms with Crippen LogP contribution in [0.5, 0.6) is 0 Å². The molecule has 0 radical (unpaired) electrons. The molecule has 0 aliphatic rings. The van der Waals surface area contributed by atoms with Crippen molar-refractivity contribution in [3.63, 3.8) is 0 Å². The smallest absolute Gasteiger partial charge is 0.238 e. The van der Waals surface area contributed by atoms with Gasteiger partial charge < -0.3 is 5.32 Å². The summed E-state index contributed by atoms with van der Waals surface area (Å²) >= 11 is 3.40. The predicted molar refractivity (Wildman–Crippen MR) is 90.3 cm³/mol. The Balaban J connectivity index is 1.85. The number of anilines is 1. The molecule has 0 atom stereocenters. The van der Waals surface area contributed by atoms with Gasteiger partial charge in [-0.15, -0.1) is 0 Å². The van der Waals surface area contributed by atoms with Gasteiger partial charge in [0.05, 0.1) is 18.2 Å². The Kier molecular flexibility index (Phi) is 5.70. The number of hydrogen-bond acceptors (Lipinski definition) is 3. The van der Waals surface area contributed by atoms with Gasteiger partial charge in [-0.05, 0) is 49.0 Å². The Morgan fingerprint density at radius 2 is 1.82 bits per heavy atom. The first-order valence-electron chi connectivity index (χ1n) is 6.80. The lowest BCUT2D eigenvalue weighted by atomic mass is 10.2. The molecule has 4 nitrogen and oxygen atoms in total. The molecule has 1 amide bonds.